The standard InChI is InChI=1S/C23H29NO3S/c1-14-11-19-17-4-3-15-12-16(26)5-7-22(15,2)18(17)6-8-23(19,13-25)20(14)21(27)28-10-9-24/h5,7,12,14,17-20,25H,3-4,6,8,10-11,13H2,1-2H3/t14-,17-,18+,19+,20-,22+,23-/m1/s1. The molecule has 0 aliphatic heterocycles. The van der Waals surface area contributed by atoms with E-state index < -0.39 is 0 Å². The molecule has 7 atom stereocenters. The van der Waals surface area contributed by atoms with Gasteiger partial charge in [-0.2, -0.15) is 5.26 Å². The lowest BCUT2D eigenvalue weighted by Gasteiger charge is -2.57. The van der Waals surface area contributed by atoms with Crippen molar-refractivity contribution < 1.29 is 14.7 Å². The van der Waals surface area contributed by atoms with Crippen LogP contribution in [0.1, 0.15) is 46.0 Å². The van der Waals surface area contributed by atoms with Gasteiger partial charge in [0.1, 0.15) is 0 Å². The predicted octanol–water partition coefficient (Wildman–Crippen LogP) is 3.91. The van der Waals surface area contributed by atoms with Crippen LogP contribution in [0.15, 0.2) is 23.8 Å². The average Bonchev–Trinajstić information content (AvgIpc) is 2.99. The van der Waals surface area contributed by atoms with Crippen molar-refractivity contribution in [1.29, 1.82) is 5.26 Å². The Morgan fingerprint density at radius 1 is 1.39 bits per heavy atom. The molecule has 3 saturated carbocycles. The summed E-state index contributed by atoms with van der Waals surface area (Å²) in [6.07, 6.45) is 10.5. The van der Waals surface area contributed by atoms with Crippen LogP contribution in [0.5, 0.6) is 0 Å². The highest BCUT2D eigenvalue weighted by Gasteiger charge is 2.63. The van der Waals surface area contributed by atoms with E-state index in [1.54, 1.807) is 6.08 Å². The van der Waals surface area contributed by atoms with Gasteiger partial charge >= 0.3 is 0 Å². The lowest BCUT2D eigenvalue weighted by molar-refractivity contribution is -0.127. The number of hydrogen-bond donors (Lipinski definition) is 1. The Balaban J connectivity index is 1.66. The highest BCUT2D eigenvalue weighted by atomic mass is 32.2. The molecule has 0 spiro atoms. The van der Waals surface area contributed by atoms with E-state index >= 15 is 0 Å². The minimum Gasteiger partial charge on any atom is -0.396 e. The van der Waals surface area contributed by atoms with Gasteiger partial charge in [0.05, 0.1) is 11.8 Å². The van der Waals surface area contributed by atoms with E-state index in [0.717, 1.165) is 43.9 Å². The molecule has 3 fully saturated rings. The first-order valence-electron chi connectivity index (χ1n) is 10.5. The molecule has 1 N–H and O–H groups in total. The highest BCUT2D eigenvalue weighted by molar-refractivity contribution is 8.13. The minimum absolute atomic E-state index is 0.0580. The van der Waals surface area contributed by atoms with E-state index in [1.807, 2.05) is 6.08 Å². The van der Waals surface area contributed by atoms with E-state index in [9.17, 15) is 14.7 Å². The fourth-order valence-corrected chi connectivity index (χ4v) is 8.15. The normalized spacial score (nSPS) is 44.1. The molecule has 0 unspecified atom stereocenters. The molecule has 0 amide bonds. The second kappa shape index (κ2) is 7.15. The van der Waals surface area contributed by atoms with Crippen molar-refractivity contribution in [2.24, 2.45) is 40.4 Å². The van der Waals surface area contributed by atoms with Gasteiger partial charge in [0.2, 0.25) is 0 Å². The topological polar surface area (TPSA) is 78.2 Å². The number of allylic oxidation sites excluding steroid dienone is 4. The molecular formula is C23H29NO3S. The van der Waals surface area contributed by atoms with Gasteiger partial charge in [-0.15, -0.1) is 0 Å². The zero-order valence-corrected chi connectivity index (χ0v) is 17.5. The van der Waals surface area contributed by atoms with Crippen molar-refractivity contribution in [3.63, 3.8) is 0 Å². The first-order chi connectivity index (χ1) is 13.4. The first-order valence-corrected chi connectivity index (χ1v) is 11.4. The number of hydrogen-bond acceptors (Lipinski definition) is 5. The number of ketones is 1. The Hall–Kier alpha value is -1.38. The van der Waals surface area contributed by atoms with E-state index in [0.29, 0.717) is 17.8 Å². The summed E-state index contributed by atoms with van der Waals surface area (Å²) in [5.41, 5.74) is 0.853. The number of aliphatic hydroxyl groups is 1. The second-order valence-electron chi connectivity index (χ2n) is 9.49. The van der Waals surface area contributed by atoms with Crippen LogP contribution in [0.4, 0.5) is 0 Å². The second-order valence-corrected chi connectivity index (χ2v) is 10.5. The molecule has 0 saturated heterocycles. The maximum atomic E-state index is 13.0. The van der Waals surface area contributed by atoms with Crippen molar-refractivity contribution in [3.05, 3.63) is 23.8 Å². The largest absolute Gasteiger partial charge is 0.396 e. The highest BCUT2D eigenvalue weighted by Crippen LogP contribution is 2.67. The van der Waals surface area contributed by atoms with Gasteiger partial charge < -0.3 is 5.11 Å². The molecule has 0 aromatic heterocycles. The summed E-state index contributed by atoms with van der Waals surface area (Å²) in [6.45, 7) is 4.48. The summed E-state index contributed by atoms with van der Waals surface area (Å²) in [6, 6.07) is 2.06. The van der Waals surface area contributed by atoms with E-state index in [2.05, 4.69) is 26.0 Å². The summed E-state index contributed by atoms with van der Waals surface area (Å²) in [5.74, 6) is 1.65. The van der Waals surface area contributed by atoms with Crippen LogP contribution in [-0.4, -0.2) is 28.4 Å². The Kier molecular flexibility index (Phi) is 5.08. The molecule has 5 heteroatoms. The molecule has 4 nitrogen and oxygen atoms in total. The fourth-order valence-electron chi connectivity index (χ4n) is 7.29. The predicted molar refractivity (Wildman–Crippen MR) is 109 cm³/mol. The fraction of sp³-hybridized carbons (Fsp3) is 0.696. The van der Waals surface area contributed by atoms with E-state index in [4.69, 9.17) is 5.26 Å². The smallest absolute Gasteiger partial charge is 0.193 e. The summed E-state index contributed by atoms with van der Waals surface area (Å²) in [4.78, 5) is 24.9. The quantitative estimate of drug-likeness (QED) is 0.778. The van der Waals surface area contributed by atoms with Crippen LogP contribution in [0.2, 0.25) is 0 Å². The zero-order valence-electron chi connectivity index (χ0n) is 16.7. The average molecular weight is 400 g/mol. The van der Waals surface area contributed by atoms with E-state index in [-0.39, 0.29) is 45.9 Å². The Morgan fingerprint density at radius 2 is 2.18 bits per heavy atom. The number of carbonyl (C=O) groups is 2. The number of nitrogens with zero attached hydrogens (tertiary/aromatic N) is 1. The van der Waals surface area contributed by atoms with Gasteiger partial charge in [0.25, 0.3) is 0 Å². The number of aliphatic hydroxyl groups excluding tert-OH is 1. The molecule has 4 aliphatic rings. The molecule has 0 radical (unpaired) electrons. The molecule has 150 valence electrons. The monoisotopic (exact) mass is 399 g/mol. The number of nitriles is 1. The van der Waals surface area contributed by atoms with Crippen LogP contribution in [0.3, 0.4) is 0 Å². The van der Waals surface area contributed by atoms with Gasteiger partial charge in [0, 0.05) is 23.4 Å². The number of carbonyl (C=O) groups excluding carboxylic acids is 2. The molecule has 0 heterocycles. The van der Waals surface area contributed by atoms with Gasteiger partial charge in [-0.3, -0.25) is 9.59 Å². The molecular weight excluding hydrogens is 370 g/mol. The van der Waals surface area contributed by atoms with Crippen LogP contribution < -0.4 is 0 Å². The van der Waals surface area contributed by atoms with Crippen LogP contribution in [0, 0.1) is 51.8 Å². The third-order valence-electron chi connectivity index (χ3n) is 8.45. The van der Waals surface area contributed by atoms with Crippen molar-refractivity contribution in [3.8, 4) is 6.07 Å². The minimum atomic E-state index is -0.341. The van der Waals surface area contributed by atoms with Crippen LogP contribution >= 0.6 is 11.8 Å². The van der Waals surface area contributed by atoms with Gasteiger partial charge in [-0.05, 0) is 67.9 Å². The van der Waals surface area contributed by atoms with Crippen molar-refractivity contribution in [2.45, 2.75) is 46.0 Å². The number of rotatable bonds is 3. The third kappa shape index (κ3) is 2.75. The van der Waals surface area contributed by atoms with Gasteiger partial charge in [-0.25, -0.2) is 0 Å². The molecule has 4 aliphatic carbocycles. The third-order valence-corrected chi connectivity index (χ3v) is 9.27. The molecule has 4 rings (SSSR count). The summed E-state index contributed by atoms with van der Waals surface area (Å²) in [7, 11) is 0. The SMILES string of the molecule is C[C@@H]1C[C@H]2[C@@H]3CCC4=CC(=O)C=C[C@]4(C)[C@H]3CC[C@]2(CO)[C@H]1C(=O)SCC#N. The first kappa shape index (κ1) is 19.9. The molecule has 0 aromatic carbocycles. The van der Waals surface area contributed by atoms with Crippen molar-refractivity contribution in [2.75, 3.05) is 12.4 Å². The lowest BCUT2D eigenvalue weighted by Crippen LogP contribution is -2.52. The van der Waals surface area contributed by atoms with Crippen LogP contribution in [-0.2, 0) is 9.59 Å². The Morgan fingerprint density at radius 3 is 2.89 bits per heavy atom. The Labute approximate surface area is 171 Å². The maximum absolute atomic E-state index is 13.0. The molecule has 0 bridgehead atoms. The van der Waals surface area contributed by atoms with E-state index in [1.165, 1.54) is 5.57 Å². The molecule has 0 aromatic rings. The number of fused-ring (bicyclic) bond motifs is 5. The van der Waals surface area contributed by atoms with Crippen molar-refractivity contribution >= 4 is 22.7 Å². The zero-order chi connectivity index (χ0) is 20.1. The molecule has 28 heavy (non-hydrogen) atoms. The lowest BCUT2D eigenvalue weighted by atomic mass is 9.47. The summed E-state index contributed by atoms with van der Waals surface area (Å²) in [5, 5.41) is 19.5. The maximum Gasteiger partial charge on any atom is 0.193 e. The van der Waals surface area contributed by atoms with Gasteiger partial charge in [0.15, 0.2) is 10.9 Å². The van der Waals surface area contributed by atoms with Gasteiger partial charge in [-0.1, -0.05) is 37.3 Å². The number of thioether (sulfide) groups is 1. The summed E-state index contributed by atoms with van der Waals surface area (Å²) >= 11 is 1.13. The summed E-state index contributed by atoms with van der Waals surface area (Å²) < 4.78 is 0. The van der Waals surface area contributed by atoms with Crippen LogP contribution in [0.25, 0.3) is 0 Å². The van der Waals surface area contributed by atoms with Crippen molar-refractivity contribution in [1.82, 2.24) is 0 Å². The Bertz CT molecular complexity index is 796.